The van der Waals surface area contributed by atoms with Crippen LogP contribution in [0.2, 0.25) is 0 Å². The van der Waals surface area contributed by atoms with Gasteiger partial charge in [0.2, 0.25) is 5.91 Å². The lowest BCUT2D eigenvalue weighted by Crippen LogP contribution is -2.42. The zero-order chi connectivity index (χ0) is 23.9. The smallest absolute Gasteiger partial charge is 0.334 e. The molecule has 0 saturated heterocycles. The van der Waals surface area contributed by atoms with Gasteiger partial charge in [-0.25, -0.2) is 4.79 Å². The molecule has 0 spiro atoms. The number of carbonyl (C=O) groups excluding carboxylic acids is 3. The van der Waals surface area contributed by atoms with E-state index in [2.05, 4.69) is 35.1 Å². The Hall–Kier alpha value is -3.23. The van der Waals surface area contributed by atoms with Gasteiger partial charge in [-0.15, -0.1) is 0 Å². The summed E-state index contributed by atoms with van der Waals surface area (Å²) in [7, 11) is 0. The molecule has 2 amide bonds. The number of benzene rings is 2. The average molecular weight is 455 g/mol. The van der Waals surface area contributed by atoms with E-state index in [9.17, 15) is 14.4 Å². The number of aryl methyl sites for hydroxylation is 2. The topological polar surface area (TPSA) is 137 Å². The first-order valence-electron chi connectivity index (χ1n) is 11.3. The number of unbranched alkanes of at least 4 members (excludes halogenated alkanes) is 1. The molecule has 2 aromatic carbocycles. The van der Waals surface area contributed by atoms with Crippen LogP contribution >= 0.6 is 0 Å². The highest BCUT2D eigenvalue weighted by Crippen LogP contribution is 2.11. The lowest BCUT2D eigenvalue weighted by Gasteiger charge is -2.11. The van der Waals surface area contributed by atoms with Crippen molar-refractivity contribution in [3.63, 3.8) is 0 Å². The fraction of sp³-hybridized carbons (Fsp3) is 0.400. The second kappa shape index (κ2) is 14.8. The molecule has 0 saturated carbocycles. The van der Waals surface area contributed by atoms with Gasteiger partial charge in [0.25, 0.3) is 5.91 Å². The first kappa shape index (κ1) is 26.0. The molecular formula is C25H34N4O4. The number of amides is 2. The van der Waals surface area contributed by atoms with Gasteiger partial charge in [-0.1, -0.05) is 54.6 Å². The van der Waals surface area contributed by atoms with Crippen molar-refractivity contribution in [1.29, 1.82) is 0 Å². The van der Waals surface area contributed by atoms with Crippen molar-refractivity contribution in [2.45, 2.75) is 51.0 Å². The number of rotatable bonds is 13. The van der Waals surface area contributed by atoms with Crippen molar-refractivity contribution in [1.82, 2.24) is 10.8 Å². The lowest BCUT2D eigenvalue weighted by atomic mass is 10.0. The summed E-state index contributed by atoms with van der Waals surface area (Å²) in [5.74, 6) is -1.45. The van der Waals surface area contributed by atoms with Crippen LogP contribution in [0.15, 0.2) is 54.6 Å². The Labute approximate surface area is 195 Å². The van der Waals surface area contributed by atoms with Crippen LogP contribution < -0.4 is 22.3 Å². The van der Waals surface area contributed by atoms with E-state index in [1.54, 1.807) is 0 Å². The molecule has 0 radical (unpaired) electrons. The molecule has 1 unspecified atom stereocenters. The largest absolute Gasteiger partial charge is 0.354 e. The van der Waals surface area contributed by atoms with Gasteiger partial charge in [-0.2, -0.15) is 5.48 Å². The molecule has 1 atom stereocenters. The maximum atomic E-state index is 12.0. The van der Waals surface area contributed by atoms with Crippen molar-refractivity contribution in [3.8, 4) is 0 Å². The highest BCUT2D eigenvalue weighted by molar-refractivity contribution is 5.82. The molecule has 2 rings (SSSR count). The van der Waals surface area contributed by atoms with Crippen LogP contribution in [-0.4, -0.2) is 36.9 Å². The molecule has 6 N–H and O–H groups in total. The van der Waals surface area contributed by atoms with Crippen molar-refractivity contribution in [2.24, 2.45) is 11.5 Å². The first-order chi connectivity index (χ1) is 16.0. The fourth-order valence-corrected chi connectivity index (χ4v) is 3.24. The van der Waals surface area contributed by atoms with Gasteiger partial charge in [-0.05, 0) is 55.3 Å². The molecule has 0 bridgehead atoms. The highest BCUT2D eigenvalue weighted by atomic mass is 16.7. The fourth-order valence-electron chi connectivity index (χ4n) is 3.24. The Kier molecular flexibility index (Phi) is 11.6. The second-order valence-electron chi connectivity index (χ2n) is 7.91. The lowest BCUT2D eigenvalue weighted by molar-refractivity contribution is -0.158. The predicted molar refractivity (Wildman–Crippen MR) is 127 cm³/mol. The molecule has 8 nitrogen and oxygen atoms in total. The summed E-state index contributed by atoms with van der Waals surface area (Å²) >= 11 is 0. The van der Waals surface area contributed by atoms with Crippen LogP contribution in [0.5, 0.6) is 0 Å². The van der Waals surface area contributed by atoms with Crippen molar-refractivity contribution < 1.29 is 19.2 Å². The summed E-state index contributed by atoms with van der Waals surface area (Å²) in [6.45, 7) is 0.374. The third kappa shape index (κ3) is 10.8. The second-order valence-corrected chi connectivity index (χ2v) is 7.91. The average Bonchev–Trinajstić information content (AvgIpc) is 2.82. The summed E-state index contributed by atoms with van der Waals surface area (Å²) in [6.07, 6.45) is 4.68. The number of hydrogen-bond donors (Lipinski definition) is 4. The quantitative estimate of drug-likeness (QED) is 0.268. The van der Waals surface area contributed by atoms with E-state index >= 15 is 0 Å². The van der Waals surface area contributed by atoms with Crippen LogP contribution in [0.1, 0.15) is 42.4 Å². The zero-order valence-corrected chi connectivity index (χ0v) is 18.9. The molecule has 178 valence electrons. The molecule has 0 aliphatic heterocycles. The molecule has 0 fully saturated rings. The molecule has 8 heteroatoms. The van der Waals surface area contributed by atoms with Crippen molar-refractivity contribution in [3.05, 3.63) is 71.3 Å². The highest BCUT2D eigenvalue weighted by Gasteiger charge is 2.13. The molecule has 33 heavy (non-hydrogen) atoms. The van der Waals surface area contributed by atoms with E-state index in [-0.39, 0.29) is 25.3 Å². The van der Waals surface area contributed by atoms with Crippen LogP contribution in [0, 0.1) is 0 Å². The number of nitrogens with two attached hydrogens (primary N) is 2. The number of carbonyl (C=O) groups is 3. The van der Waals surface area contributed by atoms with E-state index in [0.29, 0.717) is 13.0 Å². The molecular weight excluding hydrogens is 420 g/mol. The first-order valence-corrected chi connectivity index (χ1v) is 11.3. The Morgan fingerprint density at radius 1 is 0.879 bits per heavy atom. The molecule has 0 aliphatic carbocycles. The maximum Gasteiger partial charge on any atom is 0.334 e. The molecule has 0 aliphatic rings. The minimum absolute atomic E-state index is 0.0681. The summed E-state index contributed by atoms with van der Waals surface area (Å²) in [6, 6.07) is 17.6. The summed E-state index contributed by atoms with van der Waals surface area (Å²) in [5, 5.41) is 2.52. The van der Waals surface area contributed by atoms with Gasteiger partial charge in [0, 0.05) is 6.54 Å². The monoisotopic (exact) mass is 454 g/mol. The van der Waals surface area contributed by atoms with Crippen LogP contribution in [0.3, 0.4) is 0 Å². The van der Waals surface area contributed by atoms with Crippen LogP contribution in [-0.2, 0) is 38.5 Å². The normalized spacial score (nSPS) is 11.5. The van der Waals surface area contributed by atoms with Gasteiger partial charge < -0.3 is 21.6 Å². The van der Waals surface area contributed by atoms with Gasteiger partial charge in [-0.3, -0.25) is 9.59 Å². The van der Waals surface area contributed by atoms with Gasteiger partial charge in [0.05, 0.1) is 18.9 Å². The van der Waals surface area contributed by atoms with Crippen molar-refractivity contribution >= 4 is 17.8 Å². The van der Waals surface area contributed by atoms with E-state index < -0.39 is 17.9 Å². The summed E-state index contributed by atoms with van der Waals surface area (Å²) in [4.78, 5) is 40.1. The zero-order valence-electron chi connectivity index (χ0n) is 18.9. The maximum absolute atomic E-state index is 12.0. The van der Waals surface area contributed by atoms with Crippen molar-refractivity contribution in [2.75, 3.05) is 13.1 Å². The molecule has 0 heterocycles. The SMILES string of the molecule is NCCC(N)C(=O)NCCC(=O)ONC(=O)Cc1ccc(CCCCc2ccccc2)cc1. The minimum Gasteiger partial charge on any atom is -0.354 e. The minimum atomic E-state index is -0.702. The van der Waals surface area contributed by atoms with Gasteiger partial charge >= 0.3 is 5.97 Å². The Balaban J connectivity index is 1.59. The van der Waals surface area contributed by atoms with Gasteiger partial charge in [0.1, 0.15) is 0 Å². The standard InChI is InChI=1S/C25H34N4O4/c26-16-14-22(27)25(32)28-17-15-24(31)33-29-23(30)18-21-12-10-20(11-13-21)9-5-4-8-19-6-2-1-3-7-19/h1-3,6-7,10-13,22H,4-5,8-9,14-18,26-27H2,(H,28,32)(H,29,30). The summed E-state index contributed by atoms with van der Waals surface area (Å²) < 4.78 is 0. The van der Waals surface area contributed by atoms with E-state index in [0.717, 1.165) is 31.2 Å². The van der Waals surface area contributed by atoms with E-state index in [4.69, 9.17) is 16.3 Å². The Morgan fingerprint density at radius 3 is 2.12 bits per heavy atom. The van der Waals surface area contributed by atoms with E-state index in [1.165, 1.54) is 11.1 Å². The Bertz CT molecular complexity index is 872. The molecule has 0 aromatic heterocycles. The van der Waals surface area contributed by atoms with Crippen LogP contribution in [0.4, 0.5) is 0 Å². The third-order valence-electron chi connectivity index (χ3n) is 5.13. The van der Waals surface area contributed by atoms with E-state index in [1.807, 2.05) is 30.3 Å². The third-order valence-corrected chi connectivity index (χ3v) is 5.13. The predicted octanol–water partition coefficient (Wildman–Crippen LogP) is 1.55. The number of hydroxylamine groups is 1. The number of nitrogens with one attached hydrogen (secondary N) is 2. The summed E-state index contributed by atoms with van der Waals surface area (Å²) in [5.41, 5.74) is 16.5. The van der Waals surface area contributed by atoms with Crippen LogP contribution in [0.25, 0.3) is 0 Å². The van der Waals surface area contributed by atoms with Gasteiger partial charge in [0.15, 0.2) is 0 Å². The molecule has 2 aromatic rings. The number of hydrogen-bond acceptors (Lipinski definition) is 6. The Morgan fingerprint density at radius 2 is 1.48 bits per heavy atom.